The van der Waals surface area contributed by atoms with E-state index in [2.05, 4.69) is 6.92 Å². The highest BCUT2D eigenvalue weighted by Crippen LogP contribution is 2.35. The molecule has 98 valence electrons. The summed E-state index contributed by atoms with van der Waals surface area (Å²) in [6.07, 6.45) is 5.42. The molecule has 3 nitrogen and oxygen atoms in total. The van der Waals surface area contributed by atoms with Crippen molar-refractivity contribution in [2.24, 2.45) is 5.73 Å². The number of unbranched alkanes of at least 4 members (excludes halogenated alkanes) is 1. The summed E-state index contributed by atoms with van der Waals surface area (Å²) in [6.45, 7) is 2.37. The van der Waals surface area contributed by atoms with Crippen LogP contribution in [0.2, 0.25) is 0 Å². The second kappa shape index (κ2) is 5.53. The van der Waals surface area contributed by atoms with Crippen LogP contribution in [-0.4, -0.2) is 10.9 Å². The van der Waals surface area contributed by atoms with Gasteiger partial charge < -0.3 is 10.8 Å². The normalized spacial score (nSPS) is 13.7. The molecular formula is C15H21NO2. The molecule has 0 radical (unpaired) electrons. The second-order valence-electron chi connectivity index (χ2n) is 4.97. The van der Waals surface area contributed by atoms with E-state index >= 15 is 0 Å². The zero-order chi connectivity index (χ0) is 13.1. The van der Waals surface area contributed by atoms with Gasteiger partial charge in [-0.2, -0.15) is 0 Å². The van der Waals surface area contributed by atoms with Gasteiger partial charge in [0.05, 0.1) is 5.56 Å². The maximum absolute atomic E-state index is 12.1. The van der Waals surface area contributed by atoms with Crippen LogP contribution in [0.25, 0.3) is 0 Å². The van der Waals surface area contributed by atoms with Crippen LogP contribution in [-0.2, 0) is 19.4 Å². The smallest absolute Gasteiger partial charge is 0.166 e. The lowest BCUT2D eigenvalue weighted by molar-refractivity contribution is 0.0977. The van der Waals surface area contributed by atoms with Gasteiger partial charge in [-0.3, -0.25) is 4.79 Å². The summed E-state index contributed by atoms with van der Waals surface area (Å²) in [6, 6.07) is 1.88. The SMILES string of the molecule is CCCCC(=O)c1cc2c(c(CN)c1O)CCC2. The first-order valence-electron chi connectivity index (χ1n) is 6.78. The molecule has 3 N–H and O–H groups in total. The number of benzene rings is 1. The van der Waals surface area contributed by atoms with E-state index in [1.54, 1.807) is 0 Å². The molecule has 1 aromatic rings. The van der Waals surface area contributed by atoms with E-state index in [1.807, 2.05) is 6.07 Å². The Labute approximate surface area is 108 Å². The lowest BCUT2D eigenvalue weighted by Gasteiger charge is -2.13. The molecule has 0 spiro atoms. The number of carbonyl (C=O) groups excluding carboxylic acids is 1. The molecule has 0 fully saturated rings. The first-order valence-corrected chi connectivity index (χ1v) is 6.78. The molecule has 0 unspecified atom stereocenters. The highest BCUT2D eigenvalue weighted by Gasteiger charge is 2.22. The number of Topliss-reactive ketones (excluding diaryl/α,β-unsaturated/α-hetero) is 1. The summed E-state index contributed by atoms with van der Waals surface area (Å²) in [5.74, 6) is 0.165. The van der Waals surface area contributed by atoms with E-state index in [1.165, 1.54) is 11.1 Å². The van der Waals surface area contributed by atoms with E-state index in [-0.39, 0.29) is 11.5 Å². The molecule has 3 heteroatoms. The van der Waals surface area contributed by atoms with Gasteiger partial charge in [0.15, 0.2) is 5.78 Å². The molecule has 0 saturated heterocycles. The first kappa shape index (κ1) is 13.1. The number of aromatic hydroxyl groups is 1. The van der Waals surface area contributed by atoms with Gasteiger partial charge in [0.25, 0.3) is 0 Å². The fourth-order valence-corrected chi connectivity index (χ4v) is 2.72. The summed E-state index contributed by atoms with van der Waals surface area (Å²) in [5, 5.41) is 10.2. The molecule has 0 amide bonds. The topological polar surface area (TPSA) is 63.3 Å². The number of nitrogens with two attached hydrogens (primary N) is 1. The Morgan fingerprint density at radius 3 is 2.89 bits per heavy atom. The number of rotatable bonds is 5. The van der Waals surface area contributed by atoms with Gasteiger partial charge >= 0.3 is 0 Å². The Balaban J connectivity index is 2.39. The van der Waals surface area contributed by atoms with Crippen molar-refractivity contribution in [1.82, 2.24) is 0 Å². The lowest BCUT2D eigenvalue weighted by atomic mass is 9.94. The molecule has 2 rings (SSSR count). The Bertz CT molecular complexity index is 466. The Morgan fingerprint density at radius 2 is 2.22 bits per heavy atom. The minimum absolute atomic E-state index is 0.0405. The number of phenols is 1. The summed E-state index contributed by atoms with van der Waals surface area (Å²) in [4.78, 5) is 12.1. The van der Waals surface area contributed by atoms with Gasteiger partial charge in [-0.05, 0) is 42.9 Å². The highest BCUT2D eigenvalue weighted by atomic mass is 16.3. The summed E-state index contributed by atoms with van der Waals surface area (Å²) < 4.78 is 0. The van der Waals surface area contributed by atoms with Crippen LogP contribution in [0.15, 0.2) is 6.07 Å². The van der Waals surface area contributed by atoms with Crippen LogP contribution in [0.4, 0.5) is 0 Å². The van der Waals surface area contributed by atoms with Crippen LogP contribution in [0.5, 0.6) is 5.75 Å². The third kappa shape index (κ3) is 2.27. The van der Waals surface area contributed by atoms with Crippen molar-refractivity contribution in [3.63, 3.8) is 0 Å². The van der Waals surface area contributed by atoms with Crippen molar-refractivity contribution < 1.29 is 9.90 Å². The largest absolute Gasteiger partial charge is 0.507 e. The molecule has 0 bridgehead atoms. The van der Waals surface area contributed by atoms with Gasteiger partial charge in [-0.25, -0.2) is 0 Å². The maximum atomic E-state index is 12.1. The summed E-state index contributed by atoms with van der Waals surface area (Å²) in [7, 11) is 0. The molecular weight excluding hydrogens is 226 g/mol. The highest BCUT2D eigenvalue weighted by molar-refractivity contribution is 5.99. The van der Waals surface area contributed by atoms with Crippen molar-refractivity contribution >= 4 is 5.78 Å². The Morgan fingerprint density at radius 1 is 1.44 bits per heavy atom. The summed E-state index contributed by atoms with van der Waals surface area (Å²) in [5.41, 5.74) is 9.35. The zero-order valence-corrected chi connectivity index (χ0v) is 11.0. The molecule has 1 aliphatic carbocycles. The molecule has 0 atom stereocenters. The monoisotopic (exact) mass is 247 g/mol. The molecule has 1 aromatic carbocycles. The molecule has 0 heterocycles. The minimum atomic E-state index is 0.0405. The number of fused-ring (bicyclic) bond motifs is 1. The van der Waals surface area contributed by atoms with Gasteiger partial charge in [0.1, 0.15) is 5.75 Å². The quantitative estimate of drug-likeness (QED) is 0.786. The van der Waals surface area contributed by atoms with E-state index < -0.39 is 0 Å². The van der Waals surface area contributed by atoms with Crippen molar-refractivity contribution in [2.75, 3.05) is 0 Å². The van der Waals surface area contributed by atoms with Gasteiger partial charge in [0, 0.05) is 18.5 Å². The molecule has 18 heavy (non-hydrogen) atoms. The predicted octanol–water partition coefficient (Wildman–Crippen LogP) is 2.71. The van der Waals surface area contributed by atoms with Crippen LogP contribution in [0.1, 0.15) is 59.7 Å². The number of hydrogen-bond donors (Lipinski definition) is 2. The van der Waals surface area contributed by atoms with Crippen molar-refractivity contribution in [1.29, 1.82) is 0 Å². The van der Waals surface area contributed by atoms with Gasteiger partial charge in [-0.15, -0.1) is 0 Å². The van der Waals surface area contributed by atoms with Crippen molar-refractivity contribution in [2.45, 2.75) is 52.0 Å². The maximum Gasteiger partial charge on any atom is 0.166 e. The van der Waals surface area contributed by atoms with Crippen molar-refractivity contribution in [3.8, 4) is 5.75 Å². The Kier molecular flexibility index (Phi) is 4.02. The summed E-state index contributed by atoms with van der Waals surface area (Å²) >= 11 is 0. The number of carbonyl (C=O) groups is 1. The number of ketones is 1. The van der Waals surface area contributed by atoms with Gasteiger partial charge in [-0.1, -0.05) is 13.3 Å². The molecule has 1 aliphatic rings. The number of phenolic OH excluding ortho intramolecular Hbond substituents is 1. The third-order valence-corrected chi connectivity index (χ3v) is 3.75. The molecule has 0 aliphatic heterocycles. The molecule has 0 saturated carbocycles. The first-order chi connectivity index (χ1) is 8.69. The Hall–Kier alpha value is -1.35. The zero-order valence-electron chi connectivity index (χ0n) is 11.0. The second-order valence-corrected chi connectivity index (χ2v) is 4.97. The number of hydrogen-bond acceptors (Lipinski definition) is 3. The predicted molar refractivity (Wildman–Crippen MR) is 71.9 cm³/mol. The van der Waals surface area contributed by atoms with Crippen molar-refractivity contribution in [3.05, 3.63) is 28.3 Å². The van der Waals surface area contributed by atoms with Crippen LogP contribution >= 0.6 is 0 Å². The fraction of sp³-hybridized carbons (Fsp3) is 0.533. The third-order valence-electron chi connectivity index (χ3n) is 3.75. The minimum Gasteiger partial charge on any atom is -0.507 e. The van der Waals surface area contributed by atoms with Crippen LogP contribution in [0, 0.1) is 0 Å². The van der Waals surface area contributed by atoms with E-state index in [0.29, 0.717) is 18.5 Å². The van der Waals surface area contributed by atoms with E-state index in [9.17, 15) is 9.90 Å². The number of aryl methyl sites for hydroxylation is 1. The average molecular weight is 247 g/mol. The van der Waals surface area contributed by atoms with E-state index in [0.717, 1.165) is 37.7 Å². The van der Waals surface area contributed by atoms with Gasteiger partial charge in [0.2, 0.25) is 0 Å². The standard InChI is InChI=1S/C15H21NO2/c1-2-3-7-14(17)12-8-10-5-4-6-11(10)13(9-16)15(12)18/h8,18H,2-7,9,16H2,1H3. The average Bonchev–Trinajstić information content (AvgIpc) is 2.83. The lowest BCUT2D eigenvalue weighted by Crippen LogP contribution is -2.07. The van der Waals surface area contributed by atoms with Crippen LogP contribution < -0.4 is 5.73 Å². The molecule has 0 aromatic heterocycles. The van der Waals surface area contributed by atoms with E-state index in [4.69, 9.17) is 5.73 Å². The fourth-order valence-electron chi connectivity index (χ4n) is 2.72. The van der Waals surface area contributed by atoms with Crippen LogP contribution in [0.3, 0.4) is 0 Å².